The molecule has 0 N–H and O–H groups in total. The standard InChI is InChI=1S/C22H22ClN3O2/c1-2-28-20-11-5-16(6-12-20)21-4-3-13-25(21)22(27)17-14-24-26(15-17)19-9-7-18(23)8-10-19/h5-12,14-15,21H,2-4,13H2,1H3. The van der Waals surface area contributed by atoms with E-state index in [1.807, 2.05) is 48.2 Å². The third kappa shape index (κ3) is 3.76. The van der Waals surface area contributed by atoms with Crippen LogP contribution in [-0.4, -0.2) is 33.7 Å². The average Bonchev–Trinajstić information content (AvgIpc) is 3.39. The molecule has 0 aliphatic carbocycles. The minimum Gasteiger partial charge on any atom is -0.494 e. The minimum absolute atomic E-state index is 0.0107. The highest BCUT2D eigenvalue weighted by molar-refractivity contribution is 6.30. The van der Waals surface area contributed by atoms with Crippen molar-refractivity contribution < 1.29 is 9.53 Å². The fraction of sp³-hybridized carbons (Fsp3) is 0.273. The lowest BCUT2D eigenvalue weighted by Crippen LogP contribution is -2.30. The molecule has 6 heteroatoms. The van der Waals surface area contributed by atoms with Crippen molar-refractivity contribution in [3.8, 4) is 11.4 Å². The quantitative estimate of drug-likeness (QED) is 0.617. The summed E-state index contributed by atoms with van der Waals surface area (Å²) < 4.78 is 7.22. The summed E-state index contributed by atoms with van der Waals surface area (Å²) in [6, 6.07) is 15.5. The molecule has 4 rings (SSSR count). The van der Waals surface area contributed by atoms with E-state index in [4.69, 9.17) is 16.3 Å². The van der Waals surface area contributed by atoms with E-state index in [9.17, 15) is 4.79 Å². The summed E-state index contributed by atoms with van der Waals surface area (Å²) in [4.78, 5) is 15.1. The fourth-order valence-corrected chi connectivity index (χ4v) is 3.77. The lowest BCUT2D eigenvalue weighted by atomic mass is 10.0. The van der Waals surface area contributed by atoms with Crippen LogP contribution in [0.2, 0.25) is 5.02 Å². The number of amides is 1. The van der Waals surface area contributed by atoms with E-state index >= 15 is 0 Å². The van der Waals surface area contributed by atoms with Crippen LogP contribution < -0.4 is 4.74 Å². The molecule has 2 heterocycles. The summed E-state index contributed by atoms with van der Waals surface area (Å²) >= 11 is 5.94. The number of carbonyl (C=O) groups is 1. The van der Waals surface area contributed by atoms with Gasteiger partial charge >= 0.3 is 0 Å². The average molecular weight is 396 g/mol. The van der Waals surface area contributed by atoms with E-state index < -0.39 is 0 Å². The van der Waals surface area contributed by atoms with Gasteiger partial charge in [0.1, 0.15) is 5.75 Å². The zero-order valence-corrected chi connectivity index (χ0v) is 16.5. The highest BCUT2D eigenvalue weighted by Gasteiger charge is 2.31. The number of aromatic nitrogens is 2. The maximum Gasteiger partial charge on any atom is 0.257 e. The first-order chi connectivity index (χ1) is 13.7. The Kier molecular flexibility index (Phi) is 5.35. The monoisotopic (exact) mass is 395 g/mol. The molecule has 1 unspecified atom stereocenters. The van der Waals surface area contributed by atoms with Crippen LogP contribution in [0.4, 0.5) is 0 Å². The van der Waals surface area contributed by atoms with Crippen molar-refractivity contribution in [1.82, 2.24) is 14.7 Å². The van der Waals surface area contributed by atoms with E-state index in [2.05, 4.69) is 17.2 Å². The Balaban J connectivity index is 1.53. The third-order valence-corrected chi connectivity index (χ3v) is 5.26. The third-order valence-electron chi connectivity index (χ3n) is 5.01. The molecule has 5 nitrogen and oxygen atoms in total. The lowest BCUT2D eigenvalue weighted by molar-refractivity contribution is 0.0735. The number of hydrogen-bond acceptors (Lipinski definition) is 3. The van der Waals surface area contributed by atoms with Crippen LogP contribution in [0.3, 0.4) is 0 Å². The number of halogens is 1. The van der Waals surface area contributed by atoms with Gasteiger partial charge in [-0.25, -0.2) is 4.68 Å². The zero-order valence-electron chi connectivity index (χ0n) is 15.7. The second-order valence-corrected chi connectivity index (χ2v) is 7.25. The van der Waals surface area contributed by atoms with Crippen molar-refractivity contribution in [3.05, 3.63) is 77.1 Å². The molecular formula is C22H22ClN3O2. The number of carbonyl (C=O) groups excluding carboxylic acids is 1. The van der Waals surface area contributed by atoms with Gasteiger partial charge in [-0.05, 0) is 61.7 Å². The first-order valence-corrected chi connectivity index (χ1v) is 9.88. The molecular weight excluding hydrogens is 374 g/mol. The number of benzene rings is 2. The molecule has 3 aromatic rings. The number of rotatable bonds is 5. The van der Waals surface area contributed by atoms with E-state index in [1.165, 1.54) is 0 Å². The molecule has 1 saturated heterocycles. The Labute approximate surface area is 169 Å². The van der Waals surface area contributed by atoms with Gasteiger partial charge < -0.3 is 9.64 Å². The van der Waals surface area contributed by atoms with Crippen LogP contribution in [0.5, 0.6) is 5.75 Å². The molecule has 28 heavy (non-hydrogen) atoms. The van der Waals surface area contributed by atoms with Gasteiger partial charge in [0.25, 0.3) is 5.91 Å². The van der Waals surface area contributed by atoms with Crippen LogP contribution >= 0.6 is 11.6 Å². The molecule has 144 valence electrons. The van der Waals surface area contributed by atoms with Gasteiger partial charge in [0, 0.05) is 17.8 Å². The van der Waals surface area contributed by atoms with Crippen LogP contribution in [-0.2, 0) is 0 Å². The Bertz CT molecular complexity index is 951. The summed E-state index contributed by atoms with van der Waals surface area (Å²) in [5.74, 6) is 0.864. The fourth-order valence-electron chi connectivity index (χ4n) is 3.64. The molecule has 1 aliphatic rings. The second-order valence-electron chi connectivity index (χ2n) is 6.81. The largest absolute Gasteiger partial charge is 0.494 e. The van der Waals surface area contributed by atoms with Gasteiger partial charge in [-0.2, -0.15) is 5.10 Å². The van der Waals surface area contributed by atoms with Gasteiger partial charge in [0.15, 0.2) is 0 Å². The number of nitrogens with zero attached hydrogens (tertiary/aromatic N) is 3. The molecule has 1 amide bonds. The van der Waals surface area contributed by atoms with Crippen molar-refractivity contribution in [1.29, 1.82) is 0 Å². The Morgan fingerprint density at radius 2 is 1.93 bits per heavy atom. The maximum atomic E-state index is 13.1. The van der Waals surface area contributed by atoms with Crippen molar-refractivity contribution in [2.24, 2.45) is 0 Å². The van der Waals surface area contributed by atoms with Crippen LogP contribution in [0, 0.1) is 0 Å². The number of hydrogen-bond donors (Lipinski definition) is 0. The second kappa shape index (κ2) is 8.07. The SMILES string of the molecule is CCOc1ccc(C2CCCN2C(=O)c2cnn(-c3ccc(Cl)cc3)c2)cc1. The summed E-state index contributed by atoms with van der Waals surface area (Å²) in [6.07, 6.45) is 5.36. The van der Waals surface area contributed by atoms with Crippen molar-refractivity contribution in [2.45, 2.75) is 25.8 Å². The van der Waals surface area contributed by atoms with Crippen molar-refractivity contribution in [3.63, 3.8) is 0 Å². The van der Waals surface area contributed by atoms with Gasteiger partial charge in [-0.1, -0.05) is 23.7 Å². The molecule has 1 aromatic heterocycles. The molecule has 1 atom stereocenters. The number of likely N-dealkylation sites (tertiary alicyclic amines) is 1. The van der Waals surface area contributed by atoms with E-state index in [0.717, 1.165) is 36.4 Å². The van der Waals surface area contributed by atoms with Gasteiger partial charge in [0.05, 0.1) is 30.1 Å². The highest BCUT2D eigenvalue weighted by Crippen LogP contribution is 2.34. The van der Waals surface area contributed by atoms with E-state index in [-0.39, 0.29) is 11.9 Å². The summed E-state index contributed by atoms with van der Waals surface area (Å²) in [6.45, 7) is 3.36. The van der Waals surface area contributed by atoms with Gasteiger partial charge in [-0.3, -0.25) is 4.79 Å². The first kappa shape index (κ1) is 18.6. The molecule has 1 fully saturated rings. The minimum atomic E-state index is 0.0107. The zero-order chi connectivity index (χ0) is 19.5. The molecule has 0 bridgehead atoms. The smallest absolute Gasteiger partial charge is 0.257 e. The van der Waals surface area contributed by atoms with Crippen molar-refractivity contribution in [2.75, 3.05) is 13.2 Å². The first-order valence-electron chi connectivity index (χ1n) is 9.50. The summed E-state index contributed by atoms with van der Waals surface area (Å²) in [5, 5.41) is 5.02. The summed E-state index contributed by atoms with van der Waals surface area (Å²) in [5.41, 5.74) is 2.60. The van der Waals surface area contributed by atoms with E-state index in [1.54, 1.807) is 17.1 Å². The molecule has 1 aliphatic heterocycles. The molecule has 0 spiro atoms. The van der Waals surface area contributed by atoms with Crippen LogP contribution in [0.1, 0.15) is 41.7 Å². The molecule has 0 radical (unpaired) electrons. The molecule has 0 saturated carbocycles. The Morgan fingerprint density at radius 3 is 2.64 bits per heavy atom. The number of ether oxygens (including phenoxy) is 1. The van der Waals surface area contributed by atoms with E-state index in [0.29, 0.717) is 17.2 Å². The highest BCUT2D eigenvalue weighted by atomic mass is 35.5. The van der Waals surface area contributed by atoms with Gasteiger partial charge in [-0.15, -0.1) is 0 Å². The van der Waals surface area contributed by atoms with Crippen LogP contribution in [0.15, 0.2) is 60.9 Å². The normalized spacial score (nSPS) is 16.4. The topological polar surface area (TPSA) is 47.4 Å². The van der Waals surface area contributed by atoms with Gasteiger partial charge in [0.2, 0.25) is 0 Å². The maximum absolute atomic E-state index is 13.1. The lowest BCUT2D eigenvalue weighted by Gasteiger charge is -2.24. The van der Waals surface area contributed by atoms with Crippen LogP contribution in [0.25, 0.3) is 5.69 Å². The Morgan fingerprint density at radius 1 is 1.18 bits per heavy atom. The van der Waals surface area contributed by atoms with Crippen molar-refractivity contribution >= 4 is 17.5 Å². The summed E-state index contributed by atoms with van der Waals surface area (Å²) in [7, 11) is 0. The molecule has 2 aromatic carbocycles. The Hall–Kier alpha value is -2.79. The predicted octanol–water partition coefficient (Wildman–Crippen LogP) is 4.90. The predicted molar refractivity (Wildman–Crippen MR) is 109 cm³/mol.